The van der Waals surface area contributed by atoms with Crippen molar-refractivity contribution in [1.29, 1.82) is 0 Å². The molecule has 0 saturated carbocycles. The zero-order valence-corrected chi connectivity index (χ0v) is 10.5. The van der Waals surface area contributed by atoms with Gasteiger partial charge >= 0.3 is 0 Å². The molecule has 1 aromatic rings. The van der Waals surface area contributed by atoms with E-state index in [0.29, 0.717) is 0 Å². The molecule has 16 heavy (non-hydrogen) atoms. The highest BCUT2D eigenvalue weighted by Crippen LogP contribution is 2.36. The van der Waals surface area contributed by atoms with Crippen molar-refractivity contribution in [2.75, 3.05) is 20.8 Å². The third-order valence-electron chi connectivity index (χ3n) is 2.79. The highest BCUT2D eigenvalue weighted by atomic mass is 16.5. The molecule has 0 aliphatic heterocycles. The molecule has 0 saturated heterocycles. The fraction of sp³-hybridized carbons (Fsp3) is 0.538. The van der Waals surface area contributed by atoms with Crippen LogP contribution >= 0.6 is 0 Å². The molecule has 3 nitrogen and oxygen atoms in total. The molecule has 0 aromatic heterocycles. The summed E-state index contributed by atoms with van der Waals surface area (Å²) in [5.41, 5.74) is 3.38. The lowest BCUT2D eigenvalue weighted by atomic mass is 9.99. The number of benzene rings is 1. The van der Waals surface area contributed by atoms with Gasteiger partial charge in [-0.15, -0.1) is 0 Å². The molecule has 0 fully saturated rings. The van der Waals surface area contributed by atoms with Crippen LogP contribution in [0.2, 0.25) is 0 Å². The third kappa shape index (κ3) is 2.47. The summed E-state index contributed by atoms with van der Waals surface area (Å²) in [4.78, 5) is 0. The van der Waals surface area contributed by atoms with Crippen LogP contribution in [0.15, 0.2) is 6.07 Å². The molecule has 0 amide bonds. The van der Waals surface area contributed by atoms with Crippen molar-refractivity contribution >= 4 is 0 Å². The van der Waals surface area contributed by atoms with Crippen molar-refractivity contribution < 1.29 is 14.6 Å². The Labute approximate surface area is 97.0 Å². The zero-order chi connectivity index (χ0) is 12.1. The minimum atomic E-state index is 0.215. The van der Waals surface area contributed by atoms with Gasteiger partial charge in [-0.1, -0.05) is 6.07 Å². The van der Waals surface area contributed by atoms with E-state index in [1.165, 1.54) is 5.56 Å². The van der Waals surface area contributed by atoms with Gasteiger partial charge in [-0.2, -0.15) is 0 Å². The number of hydrogen-bond donors (Lipinski definition) is 1. The molecule has 0 radical (unpaired) electrons. The number of ether oxygens (including phenoxy) is 2. The monoisotopic (exact) mass is 224 g/mol. The molecular formula is C13H20O3. The predicted octanol–water partition coefficient (Wildman–Crippen LogP) is 2.25. The number of aliphatic hydroxyl groups is 1. The van der Waals surface area contributed by atoms with E-state index in [2.05, 4.69) is 6.07 Å². The molecular weight excluding hydrogens is 204 g/mol. The van der Waals surface area contributed by atoms with Crippen LogP contribution in [0.1, 0.15) is 23.1 Å². The predicted molar refractivity (Wildman–Crippen MR) is 64.4 cm³/mol. The third-order valence-corrected chi connectivity index (χ3v) is 2.79. The van der Waals surface area contributed by atoms with Crippen LogP contribution in [0.5, 0.6) is 11.5 Å². The average molecular weight is 224 g/mol. The Morgan fingerprint density at radius 1 is 1.12 bits per heavy atom. The Hall–Kier alpha value is -1.22. The van der Waals surface area contributed by atoms with Gasteiger partial charge in [0.25, 0.3) is 0 Å². The lowest BCUT2D eigenvalue weighted by Gasteiger charge is -2.16. The Morgan fingerprint density at radius 3 is 2.25 bits per heavy atom. The van der Waals surface area contributed by atoms with Crippen LogP contribution in [-0.2, 0) is 6.42 Å². The number of hydrogen-bond acceptors (Lipinski definition) is 3. The fourth-order valence-corrected chi connectivity index (χ4v) is 1.96. The molecule has 0 heterocycles. The van der Waals surface area contributed by atoms with E-state index in [9.17, 15) is 0 Å². The standard InChI is InChI=1S/C13H20O3/c1-9-8-11(6-5-7-14)10(2)13(16-4)12(9)15-3/h8,14H,5-7H2,1-4H3. The Kier molecular flexibility index (Phi) is 4.62. The molecule has 0 spiro atoms. The summed E-state index contributed by atoms with van der Waals surface area (Å²) in [6, 6.07) is 2.10. The molecule has 0 aliphatic rings. The van der Waals surface area contributed by atoms with Gasteiger partial charge in [0.15, 0.2) is 11.5 Å². The lowest BCUT2D eigenvalue weighted by molar-refractivity contribution is 0.288. The van der Waals surface area contributed by atoms with Crippen molar-refractivity contribution in [3.05, 3.63) is 22.8 Å². The molecule has 0 aliphatic carbocycles. The summed E-state index contributed by atoms with van der Waals surface area (Å²) >= 11 is 0. The highest BCUT2D eigenvalue weighted by molar-refractivity contribution is 5.54. The topological polar surface area (TPSA) is 38.7 Å². The van der Waals surface area contributed by atoms with Gasteiger partial charge in [-0.3, -0.25) is 0 Å². The summed E-state index contributed by atoms with van der Waals surface area (Å²) in [6.45, 7) is 4.24. The van der Waals surface area contributed by atoms with E-state index in [0.717, 1.165) is 35.5 Å². The van der Waals surface area contributed by atoms with Gasteiger partial charge in [0.2, 0.25) is 0 Å². The maximum atomic E-state index is 8.86. The first-order valence-corrected chi connectivity index (χ1v) is 5.47. The van der Waals surface area contributed by atoms with E-state index in [4.69, 9.17) is 14.6 Å². The number of rotatable bonds is 5. The van der Waals surface area contributed by atoms with Gasteiger partial charge in [-0.05, 0) is 43.4 Å². The van der Waals surface area contributed by atoms with E-state index in [1.807, 2.05) is 13.8 Å². The second kappa shape index (κ2) is 5.75. The number of aliphatic hydroxyl groups excluding tert-OH is 1. The minimum absolute atomic E-state index is 0.215. The maximum Gasteiger partial charge on any atom is 0.164 e. The smallest absolute Gasteiger partial charge is 0.164 e. The van der Waals surface area contributed by atoms with E-state index in [-0.39, 0.29) is 6.61 Å². The SMILES string of the molecule is COc1c(C)cc(CCCO)c(C)c1OC. The molecule has 3 heteroatoms. The van der Waals surface area contributed by atoms with Crippen molar-refractivity contribution in [1.82, 2.24) is 0 Å². The molecule has 0 atom stereocenters. The molecule has 90 valence electrons. The lowest BCUT2D eigenvalue weighted by Crippen LogP contribution is -2.01. The van der Waals surface area contributed by atoms with Crippen molar-refractivity contribution in [3.63, 3.8) is 0 Å². The first-order valence-electron chi connectivity index (χ1n) is 5.47. The average Bonchev–Trinajstić information content (AvgIpc) is 2.29. The quantitative estimate of drug-likeness (QED) is 0.833. The summed E-state index contributed by atoms with van der Waals surface area (Å²) in [5, 5.41) is 8.86. The normalized spacial score (nSPS) is 10.3. The first kappa shape index (κ1) is 12.8. The Bertz CT molecular complexity index is 359. The van der Waals surface area contributed by atoms with Crippen LogP contribution < -0.4 is 9.47 Å². The number of aryl methyl sites for hydroxylation is 2. The van der Waals surface area contributed by atoms with Crippen molar-refractivity contribution in [2.45, 2.75) is 26.7 Å². The first-order chi connectivity index (χ1) is 7.65. The van der Waals surface area contributed by atoms with E-state index >= 15 is 0 Å². The zero-order valence-electron chi connectivity index (χ0n) is 10.5. The minimum Gasteiger partial charge on any atom is -0.493 e. The van der Waals surface area contributed by atoms with Gasteiger partial charge in [0.1, 0.15) is 0 Å². The van der Waals surface area contributed by atoms with Crippen molar-refractivity contribution in [2.24, 2.45) is 0 Å². The summed E-state index contributed by atoms with van der Waals surface area (Å²) in [5.74, 6) is 1.60. The Morgan fingerprint density at radius 2 is 1.75 bits per heavy atom. The molecule has 1 rings (SSSR count). The second-order valence-corrected chi connectivity index (χ2v) is 3.87. The highest BCUT2D eigenvalue weighted by Gasteiger charge is 2.14. The van der Waals surface area contributed by atoms with E-state index in [1.54, 1.807) is 14.2 Å². The van der Waals surface area contributed by atoms with Crippen LogP contribution in [0.25, 0.3) is 0 Å². The van der Waals surface area contributed by atoms with Crippen LogP contribution in [0.3, 0.4) is 0 Å². The summed E-state index contributed by atoms with van der Waals surface area (Å²) < 4.78 is 10.7. The van der Waals surface area contributed by atoms with Gasteiger partial charge < -0.3 is 14.6 Å². The maximum absolute atomic E-state index is 8.86. The molecule has 1 aromatic carbocycles. The number of methoxy groups -OCH3 is 2. The molecule has 1 N–H and O–H groups in total. The fourth-order valence-electron chi connectivity index (χ4n) is 1.96. The summed E-state index contributed by atoms with van der Waals surface area (Å²) in [7, 11) is 3.30. The van der Waals surface area contributed by atoms with Crippen molar-refractivity contribution in [3.8, 4) is 11.5 Å². The summed E-state index contributed by atoms with van der Waals surface area (Å²) in [6.07, 6.45) is 1.64. The van der Waals surface area contributed by atoms with Crippen LogP contribution in [0.4, 0.5) is 0 Å². The van der Waals surface area contributed by atoms with Gasteiger partial charge in [0, 0.05) is 6.61 Å². The van der Waals surface area contributed by atoms with E-state index < -0.39 is 0 Å². The molecule has 0 unspecified atom stereocenters. The van der Waals surface area contributed by atoms with Crippen LogP contribution in [-0.4, -0.2) is 25.9 Å². The second-order valence-electron chi connectivity index (χ2n) is 3.87. The van der Waals surface area contributed by atoms with Gasteiger partial charge in [0.05, 0.1) is 14.2 Å². The molecule has 0 bridgehead atoms. The largest absolute Gasteiger partial charge is 0.493 e. The van der Waals surface area contributed by atoms with Gasteiger partial charge in [-0.25, -0.2) is 0 Å². The van der Waals surface area contributed by atoms with Crippen LogP contribution in [0, 0.1) is 13.8 Å². The Balaban J connectivity index is 3.17.